The highest BCUT2D eigenvalue weighted by molar-refractivity contribution is 6.44. The molecule has 0 fully saturated rings. The first-order valence-electron chi connectivity index (χ1n) is 9.02. The van der Waals surface area contributed by atoms with E-state index in [-0.39, 0.29) is 11.6 Å². The van der Waals surface area contributed by atoms with E-state index in [0.717, 1.165) is 5.56 Å². The highest BCUT2D eigenvalue weighted by atomic mass is 35.5. The Labute approximate surface area is 180 Å². The second-order valence-electron chi connectivity index (χ2n) is 7.29. The Kier molecular flexibility index (Phi) is 8.32. The average Bonchev–Trinajstić information content (AvgIpc) is 2.64. The second kappa shape index (κ2) is 10.5. The molecule has 0 heterocycles. The van der Waals surface area contributed by atoms with Crippen LogP contribution in [-0.2, 0) is 20.9 Å². The molecule has 2 rings (SSSR count). The molecular weight excluding hydrogens is 415 g/mol. The first kappa shape index (κ1) is 23.0. The van der Waals surface area contributed by atoms with Crippen molar-refractivity contribution in [1.29, 1.82) is 0 Å². The standard InChI is InChI=1S/C21H24Cl2N2O4/c1-21(2,3)29-20(27)25-17(13-28-12-14-8-5-4-6-9-14)19(26)24-16-11-7-10-15(22)18(16)23/h4-11,17H,12-13H2,1-3H3,(H,24,26)(H,25,27). The van der Waals surface area contributed by atoms with Crippen LogP contribution in [0.2, 0.25) is 10.0 Å². The van der Waals surface area contributed by atoms with Crippen molar-refractivity contribution in [2.45, 2.75) is 39.0 Å². The van der Waals surface area contributed by atoms with Crippen molar-refractivity contribution in [2.24, 2.45) is 0 Å². The van der Waals surface area contributed by atoms with Gasteiger partial charge in [0.05, 0.1) is 28.9 Å². The summed E-state index contributed by atoms with van der Waals surface area (Å²) in [6.07, 6.45) is -0.724. The Hall–Kier alpha value is -2.28. The molecule has 8 heteroatoms. The lowest BCUT2D eigenvalue weighted by Crippen LogP contribution is -2.48. The van der Waals surface area contributed by atoms with Crippen LogP contribution in [0, 0.1) is 0 Å². The summed E-state index contributed by atoms with van der Waals surface area (Å²) in [5, 5.41) is 5.72. The molecule has 1 atom stereocenters. The minimum absolute atomic E-state index is 0.0574. The number of hydrogen-bond donors (Lipinski definition) is 2. The summed E-state index contributed by atoms with van der Waals surface area (Å²) in [6, 6.07) is 13.4. The topological polar surface area (TPSA) is 76.7 Å². The first-order chi connectivity index (χ1) is 13.7. The number of anilines is 1. The normalized spacial score (nSPS) is 12.2. The molecule has 0 bridgehead atoms. The largest absolute Gasteiger partial charge is 0.444 e. The number of nitrogens with one attached hydrogen (secondary N) is 2. The van der Waals surface area contributed by atoms with Crippen LogP contribution in [0.1, 0.15) is 26.3 Å². The summed E-state index contributed by atoms with van der Waals surface area (Å²) in [6.45, 7) is 5.44. The van der Waals surface area contributed by atoms with Crippen LogP contribution in [0.3, 0.4) is 0 Å². The summed E-state index contributed by atoms with van der Waals surface area (Å²) in [5.41, 5.74) is 0.580. The summed E-state index contributed by atoms with van der Waals surface area (Å²) < 4.78 is 10.9. The molecule has 0 radical (unpaired) electrons. The minimum atomic E-state index is -0.997. The summed E-state index contributed by atoms with van der Waals surface area (Å²) >= 11 is 12.1. The SMILES string of the molecule is CC(C)(C)OC(=O)NC(COCc1ccccc1)C(=O)Nc1cccc(Cl)c1Cl. The van der Waals surface area contributed by atoms with E-state index in [1.54, 1.807) is 39.0 Å². The van der Waals surface area contributed by atoms with Crippen LogP contribution in [0.5, 0.6) is 0 Å². The lowest BCUT2D eigenvalue weighted by atomic mass is 10.2. The zero-order chi connectivity index (χ0) is 21.4. The lowest BCUT2D eigenvalue weighted by Gasteiger charge is -2.23. The molecule has 6 nitrogen and oxygen atoms in total. The first-order valence-corrected chi connectivity index (χ1v) is 9.77. The molecular formula is C21H24Cl2N2O4. The molecule has 0 aliphatic rings. The lowest BCUT2D eigenvalue weighted by molar-refractivity contribution is -0.119. The smallest absolute Gasteiger partial charge is 0.408 e. The molecule has 0 aliphatic heterocycles. The van der Waals surface area contributed by atoms with Crippen LogP contribution in [0.25, 0.3) is 0 Å². The fraction of sp³-hybridized carbons (Fsp3) is 0.333. The van der Waals surface area contributed by atoms with Crippen molar-refractivity contribution in [1.82, 2.24) is 5.32 Å². The number of halogens is 2. The van der Waals surface area contributed by atoms with Crippen molar-refractivity contribution < 1.29 is 19.1 Å². The third-order valence-corrected chi connectivity index (χ3v) is 4.43. The van der Waals surface area contributed by atoms with Gasteiger partial charge in [-0.25, -0.2) is 4.79 Å². The zero-order valence-corrected chi connectivity index (χ0v) is 18.0. The monoisotopic (exact) mass is 438 g/mol. The molecule has 0 saturated carbocycles. The predicted molar refractivity (Wildman–Crippen MR) is 114 cm³/mol. The van der Waals surface area contributed by atoms with Gasteiger partial charge in [-0.15, -0.1) is 0 Å². The number of ether oxygens (including phenoxy) is 2. The van der Waals surface area contributed by atoms with Crippen molar-refractivity contribution >= 4 is 40.9 Å². The maximum atomic E-state index is 12.8. The van der Waals surface area contributed by atoms with Crippen LogP contribution >= 0.6 is 23.2 Å². The maximum absolute atomic E-state index is 12.8. The third-order valence-electron chi connectivity index (χ3n) is 3.61. The number of carbonyl (C=O) groups is 2. The van der Waals surface area contributed by atoms with Gasteiger partial charge in [-0.3, -0.25) is 4.79 Å². The van der Waals surface area contributed by atoms with Crippen molar-refractivity contribution in [2.75, 3.05) is 11.9 Å². The molecule has 0 aliphatic carbocycles. The quantitative estimate of drug-likeness (QED) is 0.634. The maximum Gasteiger partial charge on any atom is 0.408 e. The number of benzene rings is 2. The fourth-order valence-electron chi connectivity index (χ4n) is 2.32. The molecule has 2 aromatic rings. The molecule has 2 amide bonds. The van der Waals surface area contributed by atoms with Crippen LogP contribution in [0.15, 0.2) is 48.5 Å². The number of carbonyl (C=O) groups excluding carboxylic acids is 2. The van der Waals surface area contributed by atoms with Gasteiger partial charge in [0.1, 0.15) is 11.6 Å². The average molecular weight is 439 g/mol. The number of rotatable bonds is 7. The molecule has 2 aromatic carbocycles. The van der Waals surface area contributed by atoms with E-state index < -0.39 is 23.6 Å². The zero-order valence-electron chi connectivity index (χ0n) is 16.5. The molecule has 0 aromatic heterocycles. The highest BCUT2D eigenvalue weighted by Crippen LogP contribution is 2.29. The van der Waals surface area contributed by atoms with Gasteiger partial charge in [0.25, 0.3) is 0 Å². The number of alkyl carbamates (subject to hydrolysis) is 1. The fourth-order valence-corrected chi connectivity index (χ4v) is 2.67. The summed E-state index contributed by atoms with van der Waals surface area (Å²) in [7, 11) is 0. The molecule has 2 N–H and O–H groups in total. The van der Waals surface area contributed by atoms with E-state index in [2.05, 4.69) is 10.6 Å². The molecule has 156 valence electrons. The Morgan fingerprint density at radius 2 is 1.72 bits per heavy atom. The van der Waals surface area contributed by atoms with E-state index in [1.807, 2.05) is 30.3 Å². The Morgan fingerprint density at radius 3 is 2.38 bits per heavy atom. The summed E-state index contributed by atoms with van der Waals surface area (Å²) in [4.78, 5) is 24.9. The molecule has 0 spiro atoms. The van der Waals surface area contributed by atoms with E-state index in [1.165, 1.54) is 0 Å². The number of hydrogen-bond acceptors (Lipinski definition) is 4. The molecule has 0 saturated heterocycles. The van der Waals surface area contributed by atoms with Crippen LogP contribution in [0.4, 0.5) is 10.5 Å². The molecule has 1 unspecified atom stereocenters. The van der Waals surface area contributed by atoms with Gasteiger partial charge in [-0.1, -0.05) is 59.6 Å². The Bertz CT molecular complexity index is 838. The highest BCUT2D eigenvalue weighted by Gasteiger charge is 2.25. The van der Waals surface area contributed by atoms with Crippen molar-refractivity contribution in [3.8, 4) is 0 Å². The van der Waals surface area contributed by atoms with Crippen molar-refractivity contribution in [3.63, 3.8) is 0 Å². The van der Waals surface area contributed by atoms with E-state index in [9.17, 15) is 9.59 Å². The van der Waals surface area contributed by atoms with Gasteiger partial charge in [-0.05, 0) is 38.5 Å². The molecule has 29 heavy (non-hydrogen) atoms. The van der Waals surface area contributed by atoms with E-state index in [4.69, 9.17) is 32.7 Å². The number of amides is 2. The van der Waals surface area contributed by atoms with Gasteiger partial charge in [0.15, 0.2) is 0 Å². The van der Waals surface area contributed by atoms with Gasteiger partial charge in [0.2, 0.25) is 5.91 Å². The van der Waals surface area contributed by atoms with Crippen LogP contribution in [-0.4, -0.2) is 30.3 Å². The van der Waals surface area contributed by atoms with Gasteiger partial charge >= 0.3 is 6.09 Å². The second-order valence-corrected chi connectivity index (χ2v) is 8.08. The van der Waals surface area contributed by atoms with Gasteiger partial charge < -0.3 is 20.1 Å². The van der Waals surface area contributed by atoms with Gasteiger partial charge in [-0.2, -0.15) is 0 Å². The Balaban J connectivity index is 2.06. The third kappa shape index (κ3) is 7.93. The van der Waals surface area contributed by atoms with Gasteiger partial charge in [0, 0.05) is 0 Å². The van der Waals surface area contributed by atoms with E-state index in [0.29, 0.717) is 17.3 Å². The van der Waals surface area contributed by atoms with Crippen LogP contribution < -0.4 is 10.6 Å². The van der Waals surface area contributed by atoms with Crippen molar-refractivity contribution in [3.05, 3.63) is 64.1 Å². The van der Waals surface area contributed by atoms with E-state index >= 15 is 0 Å². The minimum Gasteiger partial charge on any atom is -0.444 e. The predicted octanol–water partition coefficient (Wildman–Crippen LogP) is 5.04. The summed E-state index contributed by atoms with van der Waals surface area (Å²) in [5.74, 6) is -0.506. The Morgan fingerprint density at radius 1 is 1.03 bits per heavy atom.